The van der Waals surface area contributed by atoms with Crippen molar-refractivity contribution >= 4 is 57.2 Å². The van der Waals surface area contributed by atoms with Crippen LogP contribution in [0.2, 0.25) is 0 Å². The lowest BCUT2D eigenvalue weighted by Crippen LogP contribution is -2.44. The number of hydrogen-bond acceptors (Lipinski definition) is 8. The van der Waals surface area contributed by atoms with Gasteiger partial charge in [-0.15, -0.1) is 11.3 Å². The van der Waals surface area contributed by atoms with E-state index in [1.807, 2.05) is 12.1 Å². The van der Waals surface area contributed by atoms with Gasteiger partial charge in [-0.2, -0.15) is 0 Å². The van der Waals surface area contributed by atoms with Gasteiger partial charge in [-0.05, 0) is 49.5 Å². The summed E-state index contributed by atoms with van der Waals surface area (Å²) in [6, 6.07) is 20.1. The largest absolute Gasteiger partial charge is 0.494 e. The second-order valence-electron chi connectivity index (χ2n) is 9.95. The molecule has 206 valence electrons. The van der Waals surface area contributed by atoms with E-state index in [-0.39, 0.29) is 17.6 Å². The molecule has 0 aliphatic carbocycles. The molecule has 10 heteroatoms. The minimum atomic E-state index is -0.334. The first-order valence-electron chi connectivity index (χ1n) is 13.2. The van der Waals surface area contributed by atoms with Crippen LogP contribution in [0.25, 0.3) is 10.9 Å². The van der Waals surface area contributed by atoms with Crippen LogP contribution in [0.1, 0.15) is 32.0 Å². The second-order valence-corrected chi connectivity index (χ2v) is 10.7. The van der Waals surface area contributed by atoms with E-state index in [0.717, 1.165) is 37.3 Å². The molecule has 0 unspecified atom stereocenters. The average Bonchev–Trinajstić information content (AvgIpc) is 3.64. The summed E-state index contributed by atoms with van der Waals surface area (Å²) < 4.78 is 0. The van der Waals surface area contributed by atoms with E-state index in [4.69, 9.17) is 0 Å². The van der Waals surface area contributed by atoms with Gasteiger partial charge in [0.15, 0.2) is 11.7 Å². The van der Waals surface area contributed by atoms with E-state index in [2.05, 4.69) is 49.3 Å². The van der Waals surface area contributed by atoms with Crippen molar-refractivity contribution in [3.63, 3.8) is 0 Å². The number of fused-ring (bicyclic) bond motifs is 1. The van der Waals surface area contributed by atoms with Crippen molar-refractivity contribution in [1.82, 2.24) is 14.9 Å². The van der Waals surface area contributed by atoms with Crippen LogP contribution >= 0.6 is 11.3 Å². The molecule has 3 N–H and O–H groups in total. The number of benzene rings is 3. The molecule has 1 aliphatic rings. The maximum Gasteiger partial charge on any atom is 0.275 e. The van der Waals surface area contributed by atoms with Crippen molar-refractivity contribution in [2.45, 2.75) is 0 Å². The number of aromatic hydroxyl groups is 1. The highest BCUT2D eigenvalue weighted by atomic mass is 32.1. The van der Waals surface area contributed by atoms with E-state index >= 15 is 0 Å². The van der Waals surface area contributed by atoms with E-state index in [1.165, 1.54) is 17.0 Å². The van der Waals surface area contributed by atoms with Crippen molar-refractivity contribution in [3.8, 4) is 5.88 Å². The first-order valence-corrected chi connectivity index (χ1v) is 14.2. The second kappa shape index (κ2) is 11.4. The maximum atomic E-state index is 13.3. The van der Waals surface area contributed by atoms with Crippen LogP contribution in [-0.4, -0.2) is 71.1 Å². The predicted octanol–water partition coefficient (Wildman–Crippen LogP) is 5.32. The van der Waals surface area contributed by atoms with E-state index in [9.17, 15) is 14.7 Å². The van der Waals surface area contributed by atoms with Gasteiger partial charge in [0.1, 0.15) is 5.69 Å². The zero-order valence-corrected chi connectivity index (χ0v) is 23.2. The predicted molar refractivity (Wildman–Crippen MR) is 163 cm³/mol. The Bertz CT molecular complexity index is 1740. The number of H-pyrrole nitrogens is 1. The van der Waals surface area contributed by atoms with Crippen molar-refractivity contribution < 1.29 is 14.7 Å². The van der Waals surface area contributed by atoms with Crippen LogP contribution in [0.4, 0.5) is 17.1 Å². The number of carbonyl (C=O) groups excluding carboxylic acids is 2. The lowest BCUT2D eigenvalue weighted by molar-refractivity contribution is 0.101. The molecule has 1 saturated heterocycles. The van der Waals surface area contributed by atoms with Crippen LogP contribution in [0, 0.1) is 0 Å². The molecule has 0 radical (unpaired) electrons. The maximum absolute atomic E-state index is 13.3. The molecule has 6 rings (SSSR count). The fourth-order valence-electron chi connectivity index (χ4n) is 4.85. The summed E-state index contributed by atoms with van der Waals surface area (Å²) in [5.41, 5.74) is 6.42. The summed E-state index contributed by atoms with van der Waals surface area (Å²) in [6.07, 6.45) is 1.63. The highest BCUT2D eigenvalue weighted by Gasteiger charge is 2.16. The summed E-state index contributed by atoms with van der Waals surface area (Å²) in [5, 5.41) is 15.8. The third kappa shape index (κ3) is 5.74. The van der Waals surface area contributed by atoms with Gasteiger partial charge in [-0.3, -0.25) is 14.6 Å². The molecule has 0 atom stereocenters. The SMILES string of the molecule is CN1CCN(c2ccc(N=Cc3c(O)[nH]c4cc(C(=O)c5cccc(NC(=O)c6cscn6)c5)ccc34)cc2)CC1. The minimum absolute atomic E-state index is 0.0193. The van der Waals surface area contributed by atoms with Gasteiger partial charge in [0.25, 0.3) is 5.91 Å². The Hall–Kier alpha value is -4.80. The highest BCUT2D eigenvalue weighted by Crippen LogP contribution is 2.29. The number of thiazole rings is 1. The molecule has 0 spiro atoms. The van der Waals surface area contributed by atoms with Gasteiger partial charge in [0.05, 0.1) is 16.8 Å². The van der Waals surface area contributed by atoms with Gasteiger partial charge in [0, 0.05) is 71.2 Å². The summed E-state index contributed by atoms with van der Waals surface area (Å²) in [7, 11) is 2.14. The van der Waals surface area contributed by atoms with E-state index in [1.54, 1.807) is 59.6 Å². The highest BCUT2D eigenvalue weighted by molar-refractivity contribution is 7.07. The number of nitrogens with zero attached hydrogens (tertiary/aromatic N) is 4. The number of rotatable bonds is 7. The van der Waals surface area contributed by atoms with Gasteiger partial charge in [-0.25, -0.2) is 4.98 Å². The lowest BCUT2D eigenvalue weighted by Gasteiger charge is -2.34. The molecule has 9 nitrogen and oxygen atoms in total. The van der Waals surface area contributed by atoms with Gasteiger partial charge < -0.3 is 25.2 Å². The number of aromatic amines is 1. The van der Waals surface area contributed by atoms with Gasteiger partial charge >= 0.3 is 0 Å². The molecule has 5 aromatic rings. The van der Waals surface area contributed by atoms with Gasteiger partial charge in [-0.1, -0.05) is 24.3 Å². The first-order chi connectivity index (χ1) is 19.9. The zero-order valence-electron chi connectivity index (χ0n) is 22.4. The van der Waals surface area contributed by atoms with Crippen LogP contribution in [0.15, 0.2) is 82.6 Å². The van der Waals surface area contributed by atoms with E-state index < -0.39 is 0 Å². The number of nitrogens with one attached hydrogen (secondary N) is 2. The molecule has 0 saturated carbocycles. The molecule has 2 aromatic heterocycles. The van der Waals surface area contributed by atoms with Crippen molar-refractivity contribution in [1.29, 1.82) is 0 Å². The topological polar surface area (TPSA) is 114 Å². The minimum Gasteiger partial charge on any atom is -0.494 e. The van der Waals surface area contributed by atoms with Crippen LogP contribution in [0.3, 0.4) is 0 Å². The van der Waals surface area contributed by atoms with Crippen LogP contribution in [-0.2, 0) is 0 Å². The number of amides is 1. The molecule has 41 heavy (non-hydrogen) atoms. The number of aromatic nitrogens is 2. The molecular formula is C31H28N6O3S. The summed E-state index contributed by atoms with van der Waals surface area (Å²) >= 11 is 1.34. The monoisotopic (exact) mass is 564 g/mol. The fraction of sp³-hybridized carbons (Fsp3) is 0.161. The quantitative estimate of drug-likeness (QED) is 0.182. The molecule has 1 fully saturated rings. The number of likely N-dealkylation sites (N-methyl/N-ethyl adjacent to an activating group) is 1. The normalized spacial score (nSPS) is 14.1. The molecule has 1 amide bonds. The molecule has 1 aliphatic heterocycles. The third-order valence-electron chi connectivity index (χ3n) is 7.19. The van der Waals surface area contributed by atoms with E-state index in [0.29, 0.717) is 33.6 Å². The average molecular weight is 565 g/mol. The number of anilines is 2. The standard InChI is InChI=1S/C31H28N6O3S/c1-36-11-13-37(14-12-36)24-8-6-22(7-9-24)32-17-26-25-10-5-21(16-27(25)35-30(26)39)29(38)20-3-2-4-23(15-20)34-31(40)28-18-41-19-33-28/h2-10,15-19,35,39H,11-14H2,1H3,(H,34,40). The summed E-state index contributed by atoms with van der Waals surface area (Å²) in [4.78, 5) is 41.9. The Kier molecular flexibility index (Phi) is 7.32. The summed E-state index contributed by atoms with van der Waals surface area (Å²) in [5.74, 6) is -0.560. The number of carbonyl (C=O) groups is 2. The third-order valence-corrected chi connectivity index (χ3v) is 7.78. The summed E-state index contributed by atoms with van der Waals surface area (Å²) in [6.45, 7) is 4.10. The Morgan fingerprint density at radius 1 is 1.02 bits per heavy atom. The van der Waals surface area contributed by atoms with Crippen molar-refractivity contribution in [3.05, 3.63) is 100 Å². The first kappa shape index (κ1) is 26.4. The molecular weight excluding hydrogens is 536 g/mol. The Labute approximate surface area is 240 Å². The molecule has 3 aromatic carbocycles. The number of aliphatic imine (C=N–C) groups is 1. The number of piperazine rings is 1. The van der Waals surface area contributed by atoms with Crippen molar-refractivity contribution in [2.75, 3.05) is 43.4 Å². The molecule has 0 bridgehead atoms. The Morgan fingerprint density at radius 2 is 1.80 bits per heavy atom. The Balaban J connectivity index is 1.17. The fourth-order valence-corrected chi connectivity index (χ4v) is 5.39. The lowest BCUT2D eigenvalue weighted by atomic mass is 10.0. The van der Waals surface area contributed by atoms with Crippen molar-refractivity contribution in [2.24, 2.45) is 4.99 Å². The Morgan fingerprint density at radius 3 is 2.56 bits per heavy atom. The smallest absolute Gasteiger partial charge is 0.275 e. The van der Waals surface area contributed by atoms with Gasteiger partial charge in [0.2, 0.25) is 0 Å². The zero-order chi connectivity index (χ0) is 28.3. The van der Waals surface area contributed by atoms with Crippen LogP contribution < -0.4 is 10.2 Å². The molecule has 3 heterocycles. The number of ketones is 1. The number of hydrogen-bond donors (Lipinski definition) is 3. The van der Waals surface area contributed by atoms with Crippen LogP contribution in [0.5, 0.6) is 5.88 Å².